The van der Waals surface area contributed by atoms with Gasteiger partial charge in [-0.3, -0.25) is 9.78 Å². The molecule has 1 aliphatic heterocycles. The van der Waals surface area contributed by atoms with Gasteiger partial charge in [0, 0.05) is 36.4 Å². The monoisotopic (exact) mass is 439 g/mol. The second-order valence-corrected chi connectivity index (χ2v) is 8.48. The zero-order chi connectivity index (χ0) is 22.2. The number of fused-ring (bicyclic) bond motifs is 1. The highest BCUT2D eigenvalue weighted by molar-refractivity contribution is 7.16. The van der Waals surface area contributed by atoms with E-state index in [1.165, 1.54) is 17.4 Å². The van der Waals surface area contributed by atoms with Crippen molar-refractivity contribution in [2.45, 2.75) is 19.4 Å². The fourth-order valence-electron chi connectivity index (χ4n) is 3.20. The first kappa shape index (κ1) is 22.5. The van der Waals surface area contributed by atoms with Crippen LogP contribution in [0.25, 0.3) is 6.08 Å². The van der Waals surface area contributed by atoms with Crippen molar-refractivity contribution in [2.24, 2.45) is 0 Å². The highest BCUT2D eigenvalue weighted by Gasteiger charge is 2.28. The molecule has 0 atom stereocenters. The molecule has 162 valence electrons. The smallest absolute Gasteiger partial charge is 0.410 e. The van der Waals surface area contributed by atoms with Gasteiger partial charge in [0.25, 0.3) is 0 Å². The Bertz CT molecular complexity index is 995. The van der Waals surface area contributed by atoms with Crippen molar-refractivity contribution in [3.63, 3.8) is 0 Å². The largest absolute Gasteiger partial charge is 0.449 e. The average Bonchev–Trinajstić information content (AvgIpc) is 3.11. The number of ether oxygens (including phenoxy) is 1. The predicted octanol–water partition coefficient (Wildman–Crippen LogP) is 3.11. The van der Waals surface area contributed by atoms with E-state index in [4.69, 9.17) is 4.74 Å². The minimum absolute atomic E-state index is 0.323. The molecule has 0 saturated carbocycles. The third-order valence-corrected chi connectivity index (χ3v) is 5.88. The minimum atomic E-state index is -0.346. The van der Waals surface area contributed by atoms with Crippen molar-refractivity contribution in [1.29, 1.82) is 5.26 Å². The third-order valence-electron chi connectivity index (χ3n) is 4.75. The molecule has 0 radical (unpaired) electrons. The SMILES string of the molecule is CN(C)CCCOC(=O)N1CCc2c(sc(NC(=O)C=Cc3cccnc3)c2C#N)C1. The number of pyridine rings is 1. The Kier molecular flexibility index (Phi) is 7.76. The number of anilines is 1. The lowest BCUT2D eigenvalue weighted by Gasteiger charge is -2.26. The van der Waals surface area contributed by atoms with Crippen LogP contribution in [0.2, 0.25) is 0 Å². The summed E-state index contributed by atoms with van der Waals surface area (Å²) in [6, 6.07) is 5.83. The lowest BCUT2D eigenvalue weighted by Crippen LogP contribution is -2.36. The number of nitrogens with one attached hydrogen (secondary N) is 1. The number of thiophene rings is 1. The van der Waals surface area contributed by atoms with Crippen LogP contribution in [0.1, 0.15) is 28.0 Å². The summed E-state index contributed by atoms with van der Waals surface area (Å²) >= 11 is 1.33. The molecule has 0 bridgehead atoms. The van der Waals surface area contributed by atoms with Crippen molar-refractivity contribution >= 4 is 34.4 Å². The number of nitriles is 1. The molecule has 0 aromatic carbocycles. The maximum absolute atomic E-state index is 12.4. The molecule has 0 saturated heterocycles. The van der Waals surface area contributed by atoms with E-state index in [9.17, 15) is 14.9 Å². The zero-order valence-electron chi connectivity index (χ0n) is 17.6. The third kappa shape index (κ3) is 6.13. The zero-order valence-corrected chi connectivity index (χ0v) is 18.4. The first-order valence-electron chi connectivity index (χ1n) is 9.98. The molecule has 0 aliphatic carbocycles. The molecule has 1 N–H and O–H groups in total. The summed E-state index contributed by atoms with van der Waals surface area (Å²) in [6.45, 7) is 2.09. The van der Waals surface area contributed by atoms with Gasteiger partial charge in [-0.15, -0.1) is 11.3 Å². The maximum atomic E-state index is 12.4. The Morgan fingerprint density at radius 2 is 2.29 bits per heavy atom. The van der Waals surface area contributed by atoms with E-state index in [0.29, 0.717) is 36.7 Å². The first-order valence-corrected chi connectivity index (χ1v) is 10.8. The predicted molar refractivity (Wildman–Crippen MR) is 120 cm³/mol. The minimum Gasteiger partial charge on any atom is -0.449 e. The lowest BCUT2D eigenvalue weighted by atomic mass is 10.0. The Balaban J connectivity index is 1.62. The van der Waals surface area contributed by atoms with E-state index < -0.39 is 0 Å². The van der Waals surface area contributed by atoms with Crippen LogP contribution in [0.3, 0.4) is 0 Å². The van der Waals surface area contributed by atoms with Crippen LogP contribution in [0, 0.1) is 11.3 Å². The molecule has 1 aliphatic rings. The molecule has 2 amide bonds. The van der Waals surface area contributed by atoms with Crippen LogP contribution in [0.15, 0.2) is 30.6 Å². The van der Waals surface area contributed by atoms with Gasteiger partial charge in [-0.1, -0.05) is 6.07 Å². The first-order chi connectivity index (χ1) is 15.0. The highest BCUT2D eigenvalue weighted by atomic mass is 32.1. The molecule has 0 spiro atoms. The summed E-state index contributed by atoms with van der Waals surface area (Å²) in [5.74, 6) is -0.323. The molecular weight excluding hydrogens is 414 g/mol. The van der Waals surface area contributed by atoms with E-state index in [2.05, 4.69) is 16.4 Å². The topological polar surface area (TPSA) is 98.6 Å². The van der Waals surface area contributed by atoms with Crippen LogP contribution in [0.5, 0.6) is 0 Å². The van der Waals surface area contributed by atoms with Gasteiger partial charge in [-0.05, 0) is 50.2 Å². The van der Waals surface area contributed by atoms with Crippen molar-refractivity contribution in [1.82, 2.24) is 14.8 Å². The van der Waals surface area contributed by atoms with Crippen LogP contribution in [0.4, 0.5) is 9.80 Å². The molecule has 9 heteroatoms. The second kappa shape index (κ2) is 10.7. The summed E-state index contributed by atoms with van der Waals surface area (Å²) in [4.78, 5) is 33.3. The van der Waals surface area contributed by atoms with Crippen LogP contribution in [-0.4, -0.2) is 60.6 Å². The van der Waals surface area contributed by atoms with E-state index in [0.717, 1.165) is 29.0 Å². The number of hydrogen-bond acceptors (Lipinski definition) is 7. The van der Waals surface area contributed by atoms with E-state index >= 15 is 0 Å². The van der Waals surface area contributed by atoms with Gasteiger partial charge in [0.1, 0.15) is 11.1 Å². The van der Waals surface area contributed by atoms with E-state index in [-0.39, 0.29) is 12.0 Å². The Labute approximate surface area is 185 Å². The molecular formula is C22H25N5O3S. The molecule has 0 unspecified atom stereocenters. The summed E-state index contributed by atoms with van der Waals surface area (Å²) in [6.07, 6.45) is 7.38. The molecule has 0 fully saturated rings. The van der Waals surface area contributed by atoms with E-state index in [1.54, 1.807) is 29.4 Å². The van der Waals surface area contributed by atoms with Crippen molar-refractivity contribution < 1.29 is 14.3 Å². The molecule has 3 heterocycles. The number of carbonyl (C=O) groups is 2. The quantitative estimate of drug-likeness (QED) is 0.526. The molecule has 2 aromatic heterocycles. The van der Waals surface area contributed by atoms with Gasteiger partial charge in [0.15, 0.2) is 0 Å². The van der Waals surface area contributed by atoms with Crippen LogP contribution in [-0.2, 0) is 22.5 Å². The number of aromatic nitrogens is 1. The van der Waals surface area contributed by atoms with Gasteiger partial charge in [0.05, 0.1) is 18.7 Å². The van der Waals surface area contributed by atoms with Gasteiger partial charge >= 0.3 is 6.09 Å². The number of hydrogen-bond donors (Lipinski definition) is 1. The van der Waals surface area contributed by atoms with Crippen molar-refractivity contribution in [3.05, 3.63) is 52.2 Å². The Hall–Kier alpha value is -3.22. The summed E-state index contributed by atoms with van der Waals surface area (Å²) < 4.78 is 5.36. The molecule has 8 nitrogen and oxygen atoms in total. The molecule has 2 aromatic rings. The normalized spacial score (nSPS) is 13.2. The maximum Gasteiger partial charge on any atom is 0.410 e. The van der Waals surface area contributed by atoms with Gasteiger partial charge < -0.3 is 19.9 Å². The number of carbonyl (C=O) groups excluding carboxylic acids is 2. The standard InChI is InChI=1S/C22H25N5O3S/c1-26(2)10-4-12-30-22(29)27-11-8-17-18(13-23)21(31-19(17)15-27)25-20(28)7-6-16-5-3-9-24-14-16/h3,5-7,9,14H,4,8,10-12,15H2,1-2H3,(H,25,28). The van der Waals surface area contributed by atoms with Gasteiger partial charge in [-0.25, -0.2) is 4.79 Å². The summed E-state index contributed by atoms with van der Waals surface area (Å²) in [5, 5.41) is 12.9. The van der Waals surface area contributed by atoms with Crippen LogP contribution < -0.4 is 5.32 Å². The average molecular weight is 440 g/mol. The highest BCUT2D eigenvalue weighted by Crippen LogP contribution is 2.36. The lowest BCUT2D eigenvalue weighted by molar-refractivity contribution is -0.111. The fourth-order valence-corrected chi connectivity index (χ4v) is 4.41. The van der Waals surface area contributed by atoms with Crippen LogP contribution >= 0.6 is 11.3 Å². The van der Waals surface area contributed by atoms with Gasteiger partial charge in [-0.2, -0.15) is 5.26 Å². The fraction of sp³-hybridized carbons (Fsp3) is 0.364. The van der Waals surface area contributed by atoms with Crippen molar-refractivity contribution in [3.8, 4) is 6.07 Å². The molecule has 3 rings (SSSR count). The van der Waals surface area contributed by atoms with E-state index in [1.807, 2.05) is 25.1 Å². The number of rotatable bonds is 7. The molecule has 31 heavy (non-hydrogen) atoms. The van der Waals surface area contributed by atoms with Crippen molar-refractivity contribution in [2.75, 3.05) is 39.1 Å². The number of amides is 2. The second-order valence-electron chi connectivity index (χ2n) is 7.37. The summed E-state index contributed by atoms with van der Waals surface area (Å²) in [7, 11) is 3.95. The van der Waals surface area contributed by atoms with Gasteiger partial charge in [0.2, 0.25) is 5.91 Å². The Morgan fingerprint density at radius 3 is 3.00 bits per heavy atom. The summed E-state index contributed by atoms with van der Waals surface area (Å²) in [5.41, 5.74) is 2.18. The number of nitrogens with zero attached hydrogens (tertiary/aromatic N) is 4. The Morgan fingerprint density at radius 1 is 1.45 bits per heavy atom.